The topological polar surface area (TPSA) is 74.2 Å². The first-order valence-electron chi connectivity index (χ1n) is 6.89. The third-order valence-electron chi connectivity index (χ3n) is 3.05. The molecule has 0 radical (unpaired) electrons. The monoisotopic (exact) mass is 339 g/mol. The van der Waals surface area contributed by atoms with Crippen LogP contribution in [0.2, 0.25) is 5.02 Å². The van der Waals surface area contributed by atoms with Crippen molar-refractivity contribution in [2.24, 2.45) is 0 Å². The fourth-order valence-corrected chi connectivity index (χ4v) is 3.03. The molecule has 0 saturated carbocycles. The molecule has 2 amide bonds. The maximum atomic E-state index is 11.6. The van der Waals surface area contributed by atoms with Crippen molar-refractivity contribution in [2.75, 3.05) is 13.2 Å². The average Bonchev–Trinajstić information content (AvgIpc) is 2.88. The van der Waals surface area contributed by atoms with Gasteiger partial charge in [0.25, 0.3) is 0 Å². The number of carbonyl (C=O) groups excluding carboxylic acids is 1. The van der Waals surface area contributed by atoms with Gasteiger partial charge < -0.3 is 15.7 Å². The zero-order valence-electron chi connectivity index (χ0n) is 12.4. The number of amides is 2. The second-order valence-corrected chi connectivity index (χ2v) is 6.48. The zero-order valence-corrected chi connectivity index (χ0v) is 14.0. The van der Waals surface area contributed by atoms with Gasteiger partial charge in [-0.3, -0.25) is 0 Å². The number of rotatable bonds is 5. The number of aliphatic hydroxyl groups is 1. The number of benzene rings is 1. The highest BCUT2D eigenvalue weighted by Crippen LogP contribution is 2.31. The van der Waals surface area contributed by atoms with Gasteiger partial charge >= 0.3 is 6.03 Å². The van der Waals surface area contributed by atoms with Crippen molar-refractivity contribution in [3.05, 3.63) is 39.2 Å². The molecule has 1 aromatic heterocycles. The molecular weight excluding hydrogens is 322 g/mol. The van der Waals surface area contributed by atoms with Crippen LogP contribution in [0.3, 0.4) is 0 Å². The first-order chi connectivity index (χ1) is 10.5. The summed E-state index contributed by atoms with van der Waals surface area (Å²) in [6.07, 6.45) is 0. The lowest BCUT2D eigenvalue weighted by Gasteiger charge is -2.11. The molecule has 1 heterocycles. The Morgan fingerprint density at radius 3 is 2.73 bits per heavy atom. The van der Waals surface area contributed by atoms with Crippen molar-refractivity contribution >= 4 is 29.0 Å². The molecule has 2 rings (SSSR count). The molecule has 0 aliphatic rings. The summed E-state index contributed by atoms with van der Waals surface area (Å²) in [7, 11) is 0. The summed E-state index contributed by atoms with van der Waals surface area (Å²) >= 11 is 7.45. The number of nitrogens with zero attached hydrogens (tertiary/aromatic N) is 1. The number of aromatic nitrogens is 1. The van der Waals surface area contributed by atoms with Gasteiger partial charge in [0.1, 0.15) is 5.01 Å². The number of hydrogen-bond donors (Lipinski definition) is 3. The van der Waals surface area contributed by atoms with Crippen LogP contribution in [0.4, 0.5) is 4.79 Å². The molecule has 1 aromatic carbocycles. The van der Waals surface area contributed by atoms with Gasteiger partial charge in [-0.15, -0.1) is 11.3 Å². The Labute approximate surface area is 138 Å². The van der Waals surface area contributed by atoms with E-state index in [4.69, 9.17) is 16.7 Å². The Hall–Kier alpha value is -1.63. The molecule has 7 heteroatoms. The number of aryl methyl sites for hydroxylation is 1. The summed E-state index contributed by atoms with van der Waals surface area (Å²) in [6.45, 7) is 4.02. The number of carbonyl (C=O) groups is 1. The van der Waals surface area contributed by atoms with E-state index < -0.39 is 0 Å². The standard InChI is InChI=1S/C15H18ClN3O2S/c1-9(18-15(21)17-7-8-20)14-19-13(10(2)22-14)11-3-5-12(16)6-4-11/h3-6,9,20H,7-8H2,1-2H3,(H2,17,18,21). The summed E-state index contributed by atoms with van der Waals surface area (Å²) in [6, 6.07) is 7.00. The lowest BCUT2D eigenvalue weighted by Crippen LogP contribution is -2.38. The van der Waals surface area contributed by atoms with Crippen LogP contribution in [0, 0.1) is 6.92 Å². The number of urea groups is 1. The van der Waals surface area contributed by atoms with E-state index in [1.54, 1.807) is 11.3 Å². The van der Waals surface area contributed by atoms with Gasteiger partial charge in [0.2, 0.25) is 0 Å². The molecule has 22 heavy (non-hydrogen) atoms. The number of hydrogen-bond acceptors (Lipinski definition) is 4. The van der Waals surface area contributed by atoms with Crippen LogP contribution in [-0.4, -0.2) is 29.3 Å². The molecule has 1 atom stereocenters. The number of halogens is 1. The van der Waals surface area contributed by atoms with E-state index in [0.717, 1.165) is 21.1 Å². The number of thiazole rings is 1. The third-order valence-corrected chi connectivity index (χ3v) is 4.45. The fraction of sp³-hybridized carbons (Fsp3) is 0.333. The maximum absolute atomic E-state index is 11.6. The highest BCUT2D eigenvalue weighted by molar-refractivity contribution is 7.12. The zero-order chi connectivity index (χ0) is 16.1. The van der Waals surface area contributed by atoms with Crippen LogP contribution in [0.25, 0.3) is 11.3 Å². The van der Waals surface area contributed by atoms with Gasteiger partial charge in [-0.1, -0.05) is 23.7 Å². The van der Waals surface area contributed by atoms with E-state index in [1.807, 2.05) is 38.1 Å². The van der Waals surface area contributed by atoms with Crippen LogP contribution in [0.5, 0.6) is 0 Å². The second kappa shape index (κ2) is 7.58. The molecule has 0 aliphatic carbocycles. The molecule has 0 bridgehead atoms. The smallest absolute Gasteiger partial charge is 0.315 e. The van der Waals surface area contributed by atoms with Crippen molar-refractivity contribution in [3.63, 3.8) is 0 Å². The first-order valence-corrected chi connectivity index (χ1v) is 8.09. The molecule has 0 spiro atoms. The van der Waals surface area contributed by atoms with E-state index in [2.05, 4.69) is 15.6 Å². The minimum Gasteiger partial charge on any atom is -0.395 e. The van der Waals surface area contributed by atoms with Gasteiger partial charge in [-0.25, -0.2) is 9.78 Å². The maximum Gasteiger partial charge on any atom is 0.315 e. The normalized spacial score (nSPS) is 12.0. The van der Waals surface area contributed by atoms with E-state index in [-0.39, 0.29) is 25.2 Å². The summed E-state index contributed by atoms with van der Waals surface area (Å²) in [5, 5.41) is 15.6. The van der Waals surface area contributed by atoms with Crippen LogP contribution < -0.4 is 10.6 Å². The van der Waals surface area contributed by atoms with Gasteiger partial charge in [0.05, 0.1) is 18.3 Å². The fourth-order valence-electron chi connectivity index (χ4n) is 1.96. The molecular formula is C15H18ClN3O2S. The van der Waals surface area contributed by atoms with Crippen molar-refractivity contribution in [3.8, 4) is 11.3 Å². The summed E-state index contributed by atoms with van der Waals surface area (Å²) in [5.74, 6) is 0. The van der Waals surface area contributed by atoms with Crippen LogP contribution in [-0.2, 0) is 0 Å². The van der Waals surface area contributed by atoms with Gasteiger partial charge in [0.15, 0.2) is 0 Å². The van der Waals surface area contributed by atoms with Crippen molar-refractivity contribution in [1.82, 2.24) is 15.6 Å². The van der Waals surface area contributed by atoms with E-state index >= 15 is 0 Å². The average molecular weight is 340 g/mol. The molecule has 0 fully saturated rings. The Morgan fingerprint density at radius 2 is 2.09 bits per heavy atom. The largest absolute Gasteiger partial charge is 0.395 e. The molecule has 5 nitrogen and oxygen atoms in total. The third kappa shape index (κ3) is 4.19. The van der Waals surface area contributed by atoms with Gasteiger partial charge in [0, 0.05) is 22.0 Å². The summed E-state index contributed by atoms with van der Waals surface area (Å²) in [4.78, 5) is 17.3. The Balaban J connectivity index is 2.11. The van der Waals surface area contributed by atoms with Crippen molar-refractivity contribution in [2.45, 2.75) is 19.9 Å². The summed E-state index contributed by atoms with van der Waals surface area (Å²) < 4.78 is 0. The number of nitrogens with one attached hydrogen (secondary N) is 2. The van der Waals surface area contributed by atoms with Gasteiger partial charge in [-0.2, -0.15) is 0 Å². The molecule has 2 aromatic rings. The van der Waals surface area contributed by atoms with Crippen LogP contribution in [0.15, 0.2) is 24.3 Å². The summed E-state index contributed by atoms with van der Waals surface area (Å²) in [5.41, 5.74) is 1.91. The van der Waals surface area contributed by atoms with Crippen molar-refractivity contribution < 1.29 is 9.90 Å². The second-order valence-electron chi connectivity index (χ2n) is 4.81. The predicted octanol–water partition coefficient (Wildman–Crippen LogP) is 3.12. The number of aliphatic hydroxyl groups excluding tert-OH is 1. The minimum absolute atomic E-state index is 0.0844. The van der Waals surface area contributed by atoms with Crippen LogP contribution in [0.1, 0.15) is 22.9 Å². The Kier molecular flexibility index (Phi) is 5.76. The highest BCUT2D eigenvalue weighted by atomic mass is 35.5. The van der Waals surface area contributed by atoms with Crippen LogP contribution >= 0.6 is 22.9 Å². The van der Waals surface area contributed by atoms with E-state index in [0.29, 0.717) is 5.02 Å². The van der Waals surface area contributed by atoms with E-state index in [1.165, 1.54) is 0 Å². The molecule has 0 saturated heterocycles. The molecule has 118 valence electrons. The first kappa shape index (κ1) is 16.7. The lowest BCUT2D eigenvalue weighted by atomic mass is 10.1. The lowest BCUT2D eigenvalue weighted by molar-refractivity contribution is 0.231. The predicted molar refractivity (Wildman–Crippen MR) is 89.3 cm³/mol. The minimum atomic E-state index is -0.317. The molecule has 3 N–H and O–H groups in total. The SMILES string of the molecule is Cc1sc(C(C)NC(=O)NCCO)nc1-c1ccc(Cl)cc1. The molecule has 0 aliphatic heterocycles. The Bertz CT molecular complexity index is 643. The van der Waals surface area contributed by atoms with E-state index in [9.17, 15) is 4.79 Å². The molecule has 1 unspecified atom stereocenters. The van der Waals surface area contributed by atoms with Gasteiger partial charge in [-0.05, 0) is 26.0 Å². The highest BCUT2D eigenvalue weighted by Gasteiger charge is 2.16. The Morgan fingerprint density at radius 1 is 1.41 bits per heavy atom. The quantitative estimate of drug-likeness (QED) is 0.783. The van der Waals surface area contributed by atoms with Crippen molar-refractivity contribution in [1.29, 1.82) is 0 Å².